The van der Waals surface area contributed by atoms with Gasteiger partial charge in [0.25, 0.3) is 0 Å². The van der Waals surface area contributed by atoms with Crippen LogP contribution in [0.1, 0.15) is 41.5 Å². The number of ether oxygens (including phenoxy) is 2. The average Bonchev–Trinajstić information content (AvgIpc) is 2.82. The molecule has 0 saturated carbocycles. The molecule has 2 aromatic heterocycles. The van der Waals surface area contributed by atoms with Crippen molar-refractivity contribution in [1.82, 2.24) is 19.9 Å². The van der Waals surface area contributed by atoms with Gasteiger partial charge >= 0.3 is 18.3 Å². The highest BCUT2D eigenvalue weighted by Crippen LogP contribution is 2.25. The van der Waals surface area contributed by atoms with Crippen LogP contribution in [0.4, 0.5) is 19.8 Å². The van der Waals surface area contributed by atoms with E-state index in [9.17, 15) is 14.0 Å². The first-order valence-electron chi connectivity index (χ1n) is 7.50. The summed E-state index contributed by atoms with van der Waals surface area (Å²) < 4.78 is 24.2. The van der Waals surface area contributed by atoms with Gasteiger partial charge in [0.2, 0.25) is 0 Å². The molecule has 0 fully saturated rings. The molecule has 25 heavy (non-hydrogen) atoms. The second-order valence-corrected chi connectivity index (χ2v) is 7.21. The SMILES string of the molecule is CC(C)(C)OC(=O)N(C(=O)OC(C)(C)C)c1nc(F)nc2nc[nH]c12. The van der Waals surface area contributed by atoms with Crippen molar-refractivity contribution in [3.63, 3.8) is 0 Å². The number of hydrogen-bond acceptors (Lipinski definition) is 7. The number of hydrogen-bond donors (Lipinski definition) is 1. The summed E-state index contributed by atoms with van der Waals surface area (Å²) in [4.78, 5) is 39.1. The molecular weight excluding hydrogens is 333 g/mol. The predicted molar refractivity (Wildman–Crippen MR) is 86.6 cm³/mol. The van der Waals surface area contributed by atoms with Crippen molar-refractivity contribution >= 4 is 29.2 Å². The van der Waals surface area contributed by atoms with Crippen LogP contribution in [0.2, 0.25) is 0 Å². The molecule has 0 unspecified atom stereocenters. The van der Waals surface area contributed by atoms with Gasteiger partial charge in [0, 0.05) is 0 Å². The standard InChI is InChI=1S/C15H20FN5O4/c1-14(2,3)24-12(22)21(13(23)25-15(4,5)6)10-8-9(18-7-17-8)19-11(16)20-10/h7H,1-6H3,(H,17,18,19,20). The summed E-state index contributed by atoms with van der Waals surface area (Å²) >= 11 is 0. The highest BCUT2D eigenvalue weighted by molar-refractivity contribution is 6.12. The summed E-state index contributed by atoms with van der Waals surface area (Å²) in [5, 5.41) is 0. The lowest BCUT2D eigenvalue weighted by Gasteiger charge is -2.28. The molecule has 136 valence electrons. The molecule has 0 aliphatic rings. The topological polar surface area (TPSA) is 110 Å². The van der Waals surface area contributed by atoms with Crippen molar-refractivity contribution in [2.24, 2.45) is 0 Å². The van der Waals surface area contributed by atoms with Crippen molar-refractivity contribution < 1.29 is 23.5 Å². The number of H-pyrrole nitrogens is 1. The molecule has 2 amide bonds. The van der Waals surface area contributed by atoms with E-state index in [4.69, 9.17) is 9.47 Å². The van der Waals surface area contributed by atoms with Crippen LogP contribution in [0.5, 0.6) is 0 Å². The number of anilines is 1. The molecule has 0 saturated heterocycles. The lowest BCUT2D eigenvalue weighted by molar-refractivity contribution is 0.0429. The quantitative estimate of drug-likeness (QED) is 0.784. The van der Waals surface area contributed by atoms with E-state index in [0.717, 1.165) is 0 Å². The van der Waals surface area contributed by atoms with E-state index in [1.807, 2.05) is 0 Å². The predicted octanol–water partition coefficient (Wildman–Crippen LogP) is 3.17. The third kappa shape index (κ3) is 4.61. The largest absolute Gasteiger partial charge is 0.443 e. The first kappa shape index (κ1) is 18.6. The zero-order chi connectivity index (χ0) is 19.0. The molecule has 9 nitrogen and oxygen atoms in total. The Morgan fingerprint density at radius 2 is 1.56 bits per heavy atom. The molecule has 0 aromatic carbocycles. The molecule has 0 aliphatic carbocycles. The zero-order valence-electron chi connectivity index (χ0n) is 14.9. The van der Waals surface area contributed by atoms with Gasteiger partial charge in [-0.1, -0.05) is 0 Å². The molecule has 0 bridgehead atoms. The second-order valence-electron chi connectivity index (χ2n) is 7.21. The van der Waals surface area contributed by atoms with E-state index < -0.39 is 29.5 Å². The van der Waals surface area contributed by atoms with Gasteiger partial charge < -0.3 is 14.5 Å². The highest BCUT2D eigenvalue weighted by atomic mass is 19.1. The summed E-state index contributed by atoms with van der Waals surface area (Å²) in [6.45, 7) is 9.78. The van der Waals surface area contributed by atoms with Crippen LogP contribution in [0.15, 0.2) is 6.33 Å². The molecule has 2 rings (SSSR count). The van der Waals surface area contributed by atoms with Crippen molar-refractivity contribution in [1.29, 1.82) is 0 Å². The molecule has 2 aromatic rings. The smallest absolute Gasteiger partial charge is 0.425 e. The minimum Gasteiger partial charge on any atom is -0.443 e. The number of imidazole rings is 1. The number of carbonyl (C=O) groups excluding carboxylic acids is 2. The Labute approximate surface area is 143 Å². The van der Waals surface area contributed by atoms with E-state index in [0.29, 0.717) is 4.90 Å². The van der Waals surface area contributed by atoms with E-state index in [-0.39, 0.29) is 17.0 Å². The van der Waals surface area contributed by atoms with Gasteiger partial charge in [-0.2, -0.15) is 19.3 Å². The first-order chi connectivity index (χ1) is 11.4. The second kappa shape index (κ2) is 6.26. The zero-order valence-corrected chi connectivity index (χ0v) is 14.9. The van der Waals surface area contributed by atoms with Gasteiger partial charge in [-0.05, 0) is 41.5 Å². The molecule has 0 aliphatic heterocycles. The van der Waals surface area contributed by atoms with Gasteiger partial charge in [-0.3, -0.25) is 0 Å². The summed E-state index contributed by atoms with van der Waals surface area (Å²) in [6.07, 6.45) is -2.02. The van der Waals surface area contributed by atoms with Crippen LogP contribution in [0.25, 0.3) is 11.2 Å². The number of rotatable bonds is 1. The fourth-order valence-electron chi connectivity index (χ4n) is 1.82. The Morgan fingerprint density at radius 3 is 2.04 bits per heavy atom. The number of halogens is 1. The van der Waals surface area contributed by atoms with Gasteiger partial charge in [-0.25, -0.2) is 14.6 Å². The molecule has 0 spiro atoms. The number of amides is 2. The number of nitrogens with zero attached hydrogens (tertiary/aromatic N) is 4. The minimum absolute atomic E-state index is 0.0420. The maximum absolute atomic E-state index is 13.7. The van der Waals surface area contributed by atoms with Gasteiger partial charge in [0.05, 0.1) is 6.33 Å². The average molecular weight is 353 g/mol. The van der Waals surface area contributed by atoms with Crippen molar-refractivity contribution in [2.45, 2.75) is 52.7 Å². The lowest BCUT2D eigenvalue weighted by Crippen LogP contribution is -2.44. The summed E-state index contributed by atoms with van der Waals surface area (Å²) in [7, 11) is 0. The van der Waals surface area contributed by atoms with Crippen molar-refractivity contribution in [3.8, 4) is 0 Å². The van der Waals surface area contributed by atoms with Gasteiger partial charge in [-0.15, -0.1) is 0 Å². The molecule has 0 atom stereocenters. The van der Waals surface area contributed by atoms with Crippen LogP contribution in [-0.2, 0) is 9.47 Å². The fourth-order valence-corrected chi connectivity index (χ4v) is 1.82. The number of imide groups is 1. The number of aromatic nitrogens is 4. The first-order valence-corrected chi connectivity index (χ1v) is 7.50. The Hall–Kier alpha value is -2.78. The number of nitrogens with one attached hydrogen (secondary N) is 1. The van der Waals surface area contributed by atoms with E-state index in [2.05, 4.69) is 19.9 Å². The molecule has 2 heterocycles. The van der Waals surface area contributed by atoms with Crippen LogP contribution >= 0.6 is 0 Å². The number of aromatic amines is 1. The third-order valence-electron chi connectivity index (χ3n) is 2.60. The van der Waals surface area contributed by atoms with Crippen molar-refractivity contribution in [2.75, 3.05) is 4.90 Å². The Bertz CT molecular complexity index is 778. The van der Waals surface area contributed by atoms with Gasteiger partial charge in [0.1, 0.15) is 16.7 Å². The number of fused-ring (bicyclic) bond motifs is 1. The normalized spacial score (nSPS) is 12.1. The maximum Gasteiger partial charge on any atom is 0.425 e. The minimum atomic E-state index is -1.15. The molecule has 0 radical (unpaired) electrons. The Kier molecular flexibility index (Phi) is 4.65. The third-order valence-corrected chi connectivity index (χ3v) is 2.60. The number of carbonyl (C=O) groups is 2. The van der Waals surface area contributed by atoms with Crippen LogP contribution in [-0.4, -0.2) is 43.3 Å². The van der Waals surface area contributed by atoms with E-state index >= 15 is 0 Å². The molecule has 10 heteroatoms. The highest BCUT2D eigenvalue weighted by Gasteiger charge is 2.35. The van der Waals surface area contributed by atoms with Crippen LogP contribution in [0, 0.1) is 6.08 Å². The summed E-state index contributed by atoms with van der Waals surface area (Å²) in [5.41, 5.74) is -1.73. The van der Waals surface area contributed by atoms with E-state index in [1.165, 1.54) is 6.33 Å². The summed E-state index contributed by atoms with van der Waals surface area (Å²) in [6, 6.07) is 0. The van der Waals surface area contributed by atoms with Crippen LogP contribution < -0.4 is 4.90 Å². The Morgan fingerprint density at radius 1 is 1.04 bits per heavy atom. The maximum atomic E-state index is 13.7. The molecule has 1 N–H and O–H groups in total. The summed E-state index contributed by atoms with van der Waals surface area (Å²) in [5.74, 6) is -0.344. The Balaban J connectivity index is 2.55. The lowest BCUT2D eigenvalue weighted by atomic mass is 10.2. The van der Waals surface area contributed by atoms with E-state index in [1.54, 1.807) is 41.5 Å². The van der Waals surface area contributed by atoms with Gasteiger partial charge in [0.15, 0.2) is 11.5 Å². The molecular formula is C15H20FN5O4. The monoisotopic (exact) mass is 353 g/mol. The van der Waals surface area contributed by atoms with Crippen LogP contribution in [0.3, 0.4) is 0 Å². The van der Waals surface area contributed by atoms with Crippen molar-refractivity contribution in [3.05, 3.63) is 12.4 Å². The fraction of sp³-hybridized carbons (Fsp3) is 0.533.